The number of hydrogen-bond donors (Lipinski definition) is 3. The quantitative estimate of drug-likeness (QED) is 0.338. The summed E-state index contributed by atoms with van der Waals surface area (Å²) < 4.78 is 0.662. The van der Waals surface area contributed by atoms with Gasteiger partial charge in [0.2, 0.25) is 5.91 Å². The van der Waals surface area contributed by atoms with Gasteiger partial charge in [0.05, 0.1) is 5.69 Å². The number of oxime groups is 1. The number of amidine groups is 1. The van der Waals surface area contributed by atoms with Crippen LogP contribution in [0.4, 0.5) is 5.69 Å². The lowest BCUT2D eigenvalue weighted by Crippen LogP contribution is -2.38. The fourth-order valence-electron chi connectivity index (χ4n) is 1.64. The Balaban J connectivity index is 2.94. The summed E-state index contributed by atoms with van der Waals surface area (Å²) in [5.41, 5.74) is 6.12. The molecule has 0 radical (unpaired) electrons. The van der Waals surface area contributed by atoms with Gasteiger partial charge in [-0.3, -0.25) is 4.79 Å². The van der Waals surface area contributed by atoms with Crippen molar-refractivity contribution in [2.75, 3.05) is 5.32 Å². The van der Waals surface area contributed by atoms with Crippen molar-refractivity contribution in [1.29, 1.82) is 0 Å². The van der Waals surface area contributed by atoms with E-state index in [4.69, 9.17) is 22.5 Å². The van der Waals surface area contributed by atoms with E-state index in [2.05, 4.69) is 26.4 Å². The molecule has 0 saturated carbocycles. The predicted octanol–water partition coefficient (Wildman–Crippen LogP) is 3.06. The molecule has 0 fully saturated rings. The van der Waals surface area contributed by atoms with Crippen molar-refractivity contribution in [3.8, 4) is 0 Å². The van der Waals surface area contributed by atoms with E-state index in [1.54, 1.807) is 18.2 Å². The number of nitrogens with two attached hydrogens (primary N) is 1. The summed E-state index contributed by atoms with van der Waals surface area (Å²) in [7, 11) is 0. The van der Waals surface area contributed by atoms with E-state index in [9.17, 15) is 4.79 Å². The van der Waals surface area contributed by atoms with Crippen molar-refractivity contribution in [1.82, 2.24) is 0 Å². The van der Waals surface area contributed by atoms with Gasteiger partial charge in [0.1, 0.15) is 5.92 Å². The molecule has 0 aliphatic carbocycles. The summed E-state index contributed by atoms with van der Waals surface area (Å²) in [5.74, 6) is -1.25. The van der Waals surface area contributed by atoms with Gasteiger partial charge in [0.25, 0.3) is 0 Å². The van der Waals surface area contributed by atoms with Crippen LogP contribution in [0.15, 0.2) is 27.8 Å². The van der Waals surface area contributed by atoms with E-state index in [1.807, 2.05) is 13.8 Å². The van der Waals surface area contributed by atoms with Crippen LogP contribution < -0.4 is 11.1 Å². The van der Waals surface area contributed by atoms with Crippen LogP contribution in [-0.2, 0) is 4.79 Å². The molecule has 1 aromatic rings. The van der Waals surface area contributed by atoms with Crippen LogP contribution in [0.2, 0.25) is 5.02 Å². The highest BCUT2D eigenvalue weighted by molar-refractivity contribution is 9.10. The van der Waals surface area contributed by atoms with Gasteiger partial charge < -0.3 is 16.3 Å². The second kappa shape index (κ2) is 6.77. The van der Waals surface area contributed by atoms with Gasteiger partial charge in [-0.25, -0.2) is 0 Å². The van der Waals surface area contributed by atoms with E-state index in [-0.39, 0.29) is 17.7 Å². The zero-order chi connectivity index (χ0) is 14.6. The second-order valence-electron chi connectivity index (χ2n) is 4.36. The average molecular weight is 349 g/mol. The lowest BCUT2D eigenvalue weighted by Gasteiger charge is -2.19. The van der Waals surface area contributed by atoms with Crippen molar-refractivity contribution < 1.29 is 10.0 Å². The third-order valence-corrected chi connectivity index (χ3v) is 3.46. The van der Waals surface area contributed by atoms with Gasteiger partial charge in [-0.15, -0.1) is 0 Å². The Morgan fingerprint density at radius 2 is 2.16 bits per heavy atom. The van der Waals surface area contributed by atoms with Gasteiger partial charge >= 0.3 is 0 Å². The highest BCUT2D eigenvalue weighted by atomic mass is 79.9. The van der Waals surface area contributed by atoms with E-state index < -0.39 is 5.92 Å². The normalized spacial score (nSPS) is 13.4. The van der Waals surface area contributed by atoms with Crippen LogP contribution in [-0.4, -0.2) is 17.0 Å². The summed E-state index contributed by atoms with van der Waals surface area (Å²) in [5, 5.41) is 14.9. The maximum atomic E-state index is 12.2. The minimum absolute atomic E-state index is 0.0954. The maximum absolute atomic E-state index is 12.2. The number of amides is 1. The molecular weight excluding hydrogens is 334 g/mol. The van der Waals surface area contributed by atoms with Crippen molar-refractivity contribution in [2.45, 2.75) is 13.8 Å². The highest BCUT2D eigenvalue weighted by Gasteiger charge is 2.27. The van der Waals surface area contributed by atoms with Gasteiger partial charge in [-0.1, -0.05) is 30.6 Å². The van der Waals surface area contributed by atoms with Gasteiger partial charge in [0.15, 0.2) is 5.84 Å². The minimum Gasteiger partial charge on any atom is -0.409 e. The molecular formula is C12H15BrClN3O2. The first-order chi connectivity index (χ1) is 8.86. The molecule has 19 heavy (non-hydrogen) atoms. The second-order valence-corrected chi connectivity index (χ2v) is 5.65. The first kappa shape index (κ1) is 15.8. The molecule has 0 spiro atoms. The van der Waals surface area contributed by atoms with Crippen molar-refractivity contribution in [3.63, 3.8) is 0 Å². The van der Waals surface area contributed by atoms with Crippen molar-refractivity contribution in [2.24, 2.45) is 22.7 Å². The molecule has 0 aromatic heterocycles. The smallest absolute Gasteiger partial charge is 0.235 e. The van der Waals surface area contributed by atoms with Crippen LogP contribution >= 0.6 is 27.5 Å². The molecule has 1 unspecified atom stereocenters. The Morgan fingerprint density at radius 1 is 1.53 bits per heavy atom. The largest absolute Gasteiger partial charge is 0.409 e. The van der Waals surface area contributed by atoms with Gasteiger partial charge in [0, 0.05) is 9.50 Å². The molecule has 1 atom stereocenters. The van der Waals surface area contributed by atoms with Crippen LogP contribution in [0, 0.1) is 11.8 Å². The van der Waals surface area contributed by atoms with E-state index in [1.165, 1.54) is 0 Å². The average Bonchev–Trinajstić information content (AvgIpc) is 2.32. The number of rotatable bonds is 4. The lowest BCUT2D eigenvalue weighted by atomic mass is 9.94. The molecule has 0 heterocycles. The molecule has 1 amide bonds. The summed E-state index contributed by atoms with van der Waals surface area (Å²) in [6.45, 7) is 3.64. The standard InChI is InChI=1S/C12H15BrClN3O2/c1-6(2)10(11(15)17-19)12(18)16-9-4-3-7(14)5-8(9)13/h3-6,10,19H,1-2H3,(H2,15,17)(H,16,18). The number of carbonyl (C=O) groups excluding carboxylic acids is 1. The summed E-state index contributed by atoms with van der Waals surface area (Å²) in [6.07, 6.45) is 0. The molecule has 4 N–H and O–H groups in total. The summed E-state index contributed by atoms with van der Waals surface area (Å²) in [4.78, 5) is 12.2. The Hall–Kier alpha value is -1.27. The molecule has 7 heteroatoms. The Bertz CT molecular complexity index is 506. The molecule has 5 nitrogen and oxygen atoms in total. The monoisotopic (exact) mass is 347 g/mol. The molecule has 1 aromatic carbocycles. The first-order valence-electron chi connectivity index (χ1n) is 5.60. The third kappa shape index (κ3) is 4.11. The van der Waals surface area contributed by atoms with E-state index in [0.29, 0.717) is 15.2 Å². The molecule has 1 rings (SSSR count). The van der Waals surface area contributed by atoms with E-state index in [0.717, 1.165) is 0 Å². The Morgan fingerprint density at radius 3 is 2.63 bits per heavy atom. The molecule has 0 saturated heterocycles. The SMILES string of the molecule is CC(C)C(C(=O)Nc1ccc(Cl)cc1Br)/C(N)=N/O. The number of halogens is 2. The molecule has 0 bridgehead atoms. The highest BCUT2D eigenvalue weighted by Crippen LogP contribution is 2.27. The van der Waals surface area contributed by atoms with Crippen molar-refractivity contribution in [3.05, 3.63) is 27.7 Å². The third-order valence-electron chi connectivity index (χ3n) is 2.57. The Labute approximate surface area is 124 Å². The lowest BCUT2D eigenvalue weighted by molar-refractivity contribution is -0.119. The Kier molecular flexibility index (Phi) is 5.62. The van der Waals surface area contributed by atoms with E-state index >= 15 is 0 Å². The number of nitrogens with one attached hydrogen (secondary N) is 1. The predicted molar refractivity (Wildman–Crippen MR) is 79.5 cm³/mol. The van der Waals surface area contributed by atoms with Gasteiger partial charge in [-0.2, -0.15) is 0 Å². The fourth-order valence-corrected chi connectivity index (χ4v) is 2.42. The zero-order valence-corrected chi connectivity index (χ0v) is 12.9. The summed E-state index contributed by atoms with van der Waals surface area (Å²) >= 11 is 9.13. The topological polar surface area (TPSA) is 87.7 Å². The number of benzene rings is 1. The summed E-state index contributed by atoms with van der Waals surface area (Å²) in [6, 6.07) is 5.01. The van der Waals surface area contributed by atoms with Gasteiger partial charge in [-0.05, 0) is 40.0 Å². The minimum atomic E-state index is -0.701. The number of nitrogens with zero attached hydrogens (tertiary/aromatic N) is 1. The maximum Gasteiger partial charge on any atom is 0.235 e. The van der Waals surface area contributed by atoms with Crippen LogP contribution in [0.25, 0.3) is 0 Å². The number of anilines is 1. The number of carbonyl (C=O) groups is 1. The van der Waals surface area contributed by atoms with Crippen LogP contribution in [0.5, 0.6) is 0 Å². The fraction of sp³-hybridized carbons (Fsp3) is 0.333. The van der Waals surface area contributed by atoms with Crippen molar-refractivity contribution >= 4 is 45.0 Å². The van der Waals surface area contributed by atoms with Crippen LogP contribution in [0.3, 0.4) is 0 Å². The molecule has 0 aliphatic heterocycles. The first-order valence-corrected chi connectivity index (χ1v) is 6.77. The van der Waals surface area contributed by atoms with Crippen LogP contribution in [0.1, 0.15) is 13.8 Å². The number of hydrogen-bond acceptors (Lipinski definition) is 3. The molecule has 0 aliphatic rings. The zero-order valence-electron chi connectivity index (χ0n) is 10.5. The molecule has 104 valence electrons.